The number of benzene rings is 2. The van der Waals surface area contributed by atoms with E-state index in [0.717, 1.165) is 27.7 Å². The summed E-state index contributed by atoms with van der Waals surface area (Å²) in [6, 6.07) is 18.3. The van der Waals surface area contributed by atoms with Crippen LogP contribution in [0.25, 0.3) is 22.0 Å². The first-order chi connectivity index (χ1) is 9.31. The zero-order valence-corrected chi connectivity index (χ0v) is 11.3. The zero-order valence-electron chi connectivity index (χ0n) is 10.5. The van der Waals surface area contributed by atoms with Crippen LogP contribution in [0, 0.1) is 0 Å². The molecule has 0 saturated heterocycles. The molecule has 0 bridgehead atoms. The van der Waals surface area contributed by atoms with E-state index in [-0.39, 0.29) is 0 Å². The van der Waals surface area contributed by atoms with E-state index in [1.54, 1.807) is 0 Å². The van der Waals surface area contributed by atoms with E-state index in [2.05, 4.69) is 28.5 Å². The van der Waals surface area contributed by atoms with Crippen molar-refractivity contribution in [1.82, 2.24) is 4.98 Å². The lowest BCUT2D eigenvalue weighted by atomic mass is 9.99. The number of para-hydroxylation sites is 1. The van der Waals surface area contributed by atoms with Gasteiger partial charge in [0.2, 0.25) is 0 Å². The van der Waals surface area contributed by atoms with Crippen LogP contribution in [0.2, 0.25) is 5.15 Å². The monoisotopic (exact) mass is 268 g/mol. The van der Waals surface area contributed by atoms with Crippen LogP contribution in [-0.4, -0.2) is 12.0 Å². The summed E-state index contributed by atoms with van der Waals surface area (Å²) in [6.45, 7) is 0. The van der Waals surface area contributed by atoms with Gasteiger partial charge >= 0.3 is 0 Å². The molecule has 0 atom stereocenters. The quantitative estimate of drug-likeness (QED) is 0.687. The van der Waals surface area contributed by atoms with Crippen LogP contribution in [-0.2, 0) is 0 Å². The molecule has 2 aromatic carbocycles. The number of hydrogen-bond acceptors (Lipinski definition) is 2. The Morgan fingerprint density at radius 2 is 1.63 bits per heavy atom. The minimum Gasteiger partial charge on any atom is -0.385 e. The maximum Gasteiger partial charge on any atom is 0.153 e. The molecule has 0 unspecified atom stereocenters. The molecular weight excluding hydrogens is 256 g/mol. The van der Waals surface area contributed by atoms with Crippen molar-refractivity contribution < 1.29 is 0 Å². The number of rotatable bonds is 2. The zero-order chi connectivity index (χ0) is 13.2. The highest BCUT2D eigenvalue weighted by molar-refractivity contribution is 6.33. The lowest BCUT2D eigenvalue weighted by Gasteiger charge is -2.14. The number of fused-ring (bicyclic) bond motifs is 1. The molecule has 19 heavy (non-hydrogen) atoms. The first kappa shape index (κ1) is 12.0. The summed E-state index contributed by atoms with van der Waals surface area (Å²) in [5, 5.41) is 4.76. The summed E-state index contributed by atoms with van der Waals surface area (Å²) >= 11 is 6.28. The van der Waals surface area contributed by atoms with Crippen molar-refractivity contribution in [2.45, 2.75) is 0 Å². The molecule has 3 aromatic rings. The largest absolute Gasteiger partial charge is 0.385 e. The predicted octanol–water partition coefficient (Wildman–Crippen LogP) is 4.60. The van der Waals surface area contributed by atoms with Gasteiger partial charge in [0, 0.05) is 18.0 Å². The van der Waals surface area contributed by atoms with Crippen LogP contribution < -0.4 is 5.32 Å². The SMILES string of the molecule is CNc1c(Cl)nc2ccccc2c1-c1ccccc1. The first-order valence-corrected chi connectivity index (χ1v) is 6.50. The number of pyridine rings is 1. The number of hydrogen-bond donors (Lipinski definition) is 1. The number of nitrogens with one attached hydrogen (secondary N) is 1. The predicted molar refractivity (Wildman–Crippen MR) is 81.7 cm³/mol. The molecule has 3 heteroatoms. The molecule has 0 aliphatic heterocycles. The molecule has 2 nitrogen and oxygen atoms in total. The van der Waals surface area contributed by atoms with Crippen molar-refractivity contribution in [3.63, 3.8) is 0 Å². The third-order valence-electron chi connectivity index (χ3n) is 3.16. The number of aromatic nitrogens is 1. The molecule has 1 aromatic heterocycles. The molecule has 0 amide bonds. The Balaban J connectivity index is 2.43. The van der Waals surface area contributed by atoms with Crippen molar-refractivity contribution in [2.24, 2.45) is 0 Å². The molecule has 0 aliphatic rings. The third-order valence-corrected chi connectivity index (χ3v) is 3.43. The third kappa shape index (κ3) is 2.04. The fraction of sp³-hybridized carbons (Fsp3) is 0.0625. The van der Waals surface area contributed by atoms with Crippen molar-refractivity contribution in [1.29, 1.82) is 0 Å². The smallest absolute Gasteiger partial charge is 0.153 e. The summed E-state index contributed by atoms with van der Waals surface area (Å²) < 4.78 is 0. The maximum atomic E-state index is 6.28. The molecule has 0 radical (unpaired) electrons. The molecular formula is C16H13ClN2. The van der Waals surface area contributed by atoms with Gasteiger partial charge in [-0.1, -0.05) is 60.1 Å². The first-order valence-electron chi connectivity index (χ1n) is 6.12. The molecule has 0 fully saturated rings. The van der Waals surface area contributed by atoms with E-state index in [4.69, 9.17) is 11.6 Å². The van der Waals surface area contributed by atoms with E-state index >= 15 is 0 Å². The van der Waals surface area contributed by atoms with E-state index in [1.807, 2.05) is 43.4 Å². The second-order valence-electron chi connectivity index (χ2n) is 4.29. The Morgan fingerprint density at radius 3 is 2.37 bits per heavy atom. The van der Waals surface area contributed by atoms with Gasteiger partial charge in [-0.25, -0.2) is 4.98 Å². The second-order valence-corrected chi connectivity index (χ2v) is 4.64. The second kappa shape index (κ2) is 4.90. The van der Waals surface area contributed by atoms with E-state index < -0.39 is 0 Å². The lowest BCUT2D eigenvalue weighted by Crippen LogP contribution is -1.97. The number of nitrogens with zero attached hydrogens (tertiary/aromatic N) is 1. The van der Waals surface area contributed by atoms with Crippen molar-refractivity contribution in [2.75, 3.05) is 12.4 Å². The highest BCUT2D eigenvalue weighted by Gasteiger charge is 2.13. The van der Waals surface area contributed by atoms with Crippen LogP contribution in [0.4, 0.5) is 5.69 Å². The minimum atomic E-state index is 0.500. The van der Waals surface area contributed by atoms with Crippen LogP contribution in [0.5, 0.6) is 0 Å². The summed E-state index contributed by atoms with van der Waals surface area (Å²) in [4.78, 5) is 4.44. The molecule has 1 N–H and O–H groups in total. The molecule has 0 saturated carbocycles. The fourth-order valence-corrected chi connectivity index (χ4v) is 2.59. The van der Waals surface area contributed by atoms with Gasteiger partial charge < -0.3 is 5.32 Å². The number of anilines is 1. The Labute approximate surface area is 117 Å². The Bertz CT molecular complexity index is 723. The number of halogens is 1. The molecule has 0 aliphatic carbocycles. The van der Waals surface area contributed by atoms with Gasteiger partial charge in [-0.05, 0) is 11.6 Å². The van der Waals surface area contributed by atoms with E-state index in [9.17, 15) is 0 Å². The Morgan fingerprint density at radius 1 is 0.947 bits per heavy atom. The highest BCUT2D eigenvalue weighted by Crippen LogP contribution is 2.38. The van der Waals surface area contributed by atoms with Gasteiger partial charge in [0.1, 0.15) is 0 Å². The average molecular weight is 269 g/mol. The average Bonchev–Trinajstić information content (AvgIpc) is 2.46. The Kier molecular flexibility index (Phi) is 3.10. The summed E-state index contributed by atoms with van der Waals surface area (Å²) in [6.07, 6.45) is 0. The van der Waals surface area contributed by atoms with E-state index in [1.165, 1.54) is 0 Å². The topological polar surface area (TPSA) is 24.9 Å². The molecule has 0 spiro atoms. The maximum absolute atomic E-state index is 6.28. The van der Waals surface area contributed by atoms with E-state index in [0.29, 0.717) is 5.15 Å². The highest BCUT2D eigenvalue weighted by atomic mass is 35.5. The Hall–Kier alpha value is -2.06. The van der Waals surface area contributed by atoms with Gasteiger partial charge in [0.15, 0.2) is 5.15 Å². The van der Waals surface area contributed by atoms with Gasteiger partial charge in [-0.2, -0.15) is 0 Å². The van der Waals surface area contributed by atoms with Gasteiger partial charge in [0.25, 0.3) is 0 Å². The van der Waals surface area contributed by atoms with Crippen molar-refractivity contribution in [3.8, 4) is 11.1 Å². The normalized spacial score (nSPS) is 10.6. The van der Waals surface area contributed by atoms with Crippen LogP contribution in [0.3, 0.4) is 0 Å². The molecule has 1 heterocycles. The molecule has 3 rings (SSSR count). The van der Waals surface area contributed by atoms with Crippen LogP contribution in [0.1, 0.15) is 0 Å². The van der Waals surface area contributed by atoms with Crippen LogP contribution in [0.15, 0.2) is 54.6 Å². The summed E-state index contributed by atoms with van der Waals surface area (Å²) in [5.74, 6) is 0. The summed E-state index contributed by atoms with van der Waals surface area (Å²) in [7, 11) is 1.87. The fourth-order valence-electron chi connectivity index (χ4n) is 2.31. The minimum absolute atomic E-state index is 0.500. The van der Waals surface area contributed by atoms with Crippen molar-refractivity contribution >= 4 is 28.2 Å². The van der Waals surface area contributed by atoms with Gasteiger partial charge in [0.05, 0.1) is 11.2 Å². The van der Waals surface area contributed by atoms with Gasteiger partial charge in [-0.15, -0.1) is 0 Å². The summed E-state index contributed by atoms with van der Waals surface area (Å²) in [5.41, 5.74) is 4.00. The van der Waals surface area contributed by atoms with Gasteiger partial charge in [-0.3, -0.25) is 0 Å². The standard InChI is InChI=1S/C16H13ClN2/c1-18-15-14(11-7-3-2-4-8-11)12-9-5-6-10-13(12)19-16(15)17/h2-10,18H,1H3. The van der Waals surface area contributed by atoms with Crippen molar-refractivity contribution in [3.05, 3.63) is 59.8 Å². The lowest BCUT2D eigenvalue weighted by molar-refractivity contribution is 1.38. The van der Waals surface area contributed by atoms with Crippen LogP contribution >= 0.6 is 11.6 Å². The molecule has 94 valence electrons.